The topological polar surface area (TPSA) is 38.1 Å². The average Bonchev–Trinajstić information content (AvgIpc) is 3.18. The van der Waals surface area contributed by atoms with Gasteiger partial charge in [-0.25, -0.2) is 0 Å². The first kappa shape index (κ1) is 16.0. The monoisotopic (exact) mass is 363 g/mol. The molecule has 5 heteroatoms. The van der Waals surface area contributed by atoms with E-state index in [9.17, 15) is 4.79 Å². The summed E-state index contributed by atoms with van der Waals surface area (Å²) in [5.74, 6) is 0.984. The number of hydrogen-bond donors (Lipinski definition) is 0. The molecule has 0 spiro atoms. The van der Waals surface area contributed by atoms with Crippen LogP contribution in [0.2, 0.25) is 0 Å². The Morgan fingerprint density at radius 2 is 2.04 bits per heavy atom. The van der Waals surface area contributed by atoms with Gasteiger partial charge >= 0.3 is 0 Å². The number of likely N-dealkylation sites (tertiary alicyclic amines) is 1. The maximum atomic E-state index is 13.1. The normalized spacial score (nSPS) is 22.2. The molecule has 1 saturated heterocycles. The first-order valence-corrected chi connectivity index (χ1v) is 10.1. The van der Waals surface area contributed by atoms with Gasteiger partial charge in [-0.1, -0.05) is 12.1 Å². The fraction of sp³-hybridized carbons (Fsp3) is 0.333. The molecule has 0 aliphatic carbocycles. The van der Waals surface area contributed by atoms with Gasteiger partial charge in [0.2, 0.25) is 0 Å². The average molecular weight is 363 g/mol. The Labute approximate surface area is 156 Å². The van der Waals surface area contributed by atoms with E-state index in [1.54, 1.807) is 11.3 Å². The molecule has 0 amide bonds. The van der Waals surface area contributed by atoms with Crippen molar-refractivity contribution in [2.45, 2.75) is 25.4 Å². The van der Waals surface area contributed by atoms with E-state index in [2.05, 4.69) is 22.0 Å². The third-order valence-corrected chi connectivity index (χ3v) is 6.48. The number of hydrogen-bond acceptors (Lipinski definition) is 4. The first-order valence-electron chi connectivity index (χ1n) is 9.18. The molecule has 0 saturated carbocycles. The number of pyridine rings is 2. The molecule has 26 heavy (non-hydrogen) atoms. The summed E-state index contributed by atoms with van der Waals surface area (Å²) in [6, 6.07) is 14.4. The van der Waals surface area contributed by atoms with Crippen molar-refractivity contribution >= 4 is 11.3 Å². The predicted molar refractivity (Wildman–Crippen MR) is 104 cm³/mol. The van der Waals surface area contributed by atoms with Crippen LogP contribution in [0.15, 0.2) is 58.8 Å². The summed E-state index contributed by atoms with van der Waals surface area (Å²) in [5, 5.41) is 2.03. The molecule has 2 bridgehead atoms. The second-order valence-corrected chi connectivity index (χ2v) is 8.33. The zero-order chi connectivity index (χ0) is 17.5. The van der Waals surface area contributed by atoms with Crippen molar-refractivity contribution < 1.29 is 0 Å². The lowest BCUT2D eigenvalue weighted by Crippen LogP contribution is -2.47. The number of aromatic nitrogens is 2. The summed E-state index contributed by atoms with van der Waals surface area (Å²) in [5.41, 5.74) is 3.35. The van der Waals surface area contributed by atoms with Crippen LogP contribution < -0.4 is 5.56 Å². The molecule has 132 valence electrons. The van der Waals surface area contributed by atoms with Crippen LogP contribution in [0.5, 0.6) is 0 Å². The van der Waals surface area contributed by atoms with E-state index in [0.29, 0.717) is 11.8 Å². The van der Waals surface area contributed by atoms with Gasteiger partial charge in [0.15, 0.2) is 0 Å². The Hall–Kier alpha value is -2.24. The molecule has 0 aromatic carbocycles. The van der Waals surface area contributed by atoms with Crippen molar-refractivity contribution in [1.82, 2.24) is 14.5 Å². The van der Waals surface area contributed by atoms with E-state index in [-0.39, 0.29) is 5.56 Å². The van der Waals surface area contributed by atoms with Crippen LogP contribution in [0.1, 0.15) is 23.7 Å². The third kappa shape index (κ3) is 2.81. The smallest absolute Gasteiger partial charge is 0.259 e. The molecule has 3 aromatic heterocycles. The third-order valence-electron chi connectivity index (χ3n) is 5.58. The molecule has 2 aliphatic rings. The van der Waals surface area contributed by atoms with Crippen LogP contribution in [-0.2, 0) is 13.1 Å². The van der Waals surface area contributed by atoms with Gasteiger partial charge in [-0.05, 0) is 48.1 Å². The molecule has 2 atom stereocenters. The summed E-state index contributed by atoms with van der Waals surface area (Å²) in [7, 11) is 0. The van der Waals surface area contributed by atoms with Crippen LogP contribution in [0.4, 0.5) is 0 Å². The molecule has 0 radical (unpaired) electrons. The molecule has 1 fully saturated rings. The minimum absolute atomic E-state index is 0.179. The summed E-state index contributed by atoms with van der Waals surface area (Å²) in [6.07, 6.45) is 3.05. The second-order valence-electron chi connectivity index (χ2n) is 7.38. The SMILES string of the molecule is O=c1c(-c2cccs2)ccc2n1C[C@H]1C[C@@H]2CN(Cc2ccccn2)C1. The molecular weight excluding hydrogens is 342 g/mol. The largest absolute Gasteiger partial charge is 0.311 e. The van der Waals surface area contributed by atoms with Crippen molar-refractivity contribution in [3.05, 3.63) is 75.8 Å². The first-order chi connectivity index (χ1) is 12.8. The Bertz CT molecular complexity index is 965. The lowest BCUT2D eigenvalue weighted by molar-refractivity contribution is 0.113. The van der Waals surface area contributed by atoms with E-state index in [0.717, 1.165) is 42.3 Å². The standard InChI is InChI=1S/C21H21N3OS/c25-21-18(20-5-3-9-26-20)6-7-19-16-10-15(12-24(19)21)11-23(13-16)14-17-4-1-2-8-22-17/h1-9,15-16H,10-14H2/t15-,16+/m0/s1. The predicted octanol–water partition coefficient (Wildman–Crippen LogP) is 3.59. The van der Waals surface area contributed by atoms with E-state index >= 15 is 0 Å². The van der Waals surface area contributed by atoms with E-state index in [4.69, 9.17) is 0 Å². The van der Waals surface area contributed by atoms with Gasteiger partial charge in [-0.15, -0.1) is 11.3 Å². The molecule has 2 aliphatic heterocycles. The fourth-order valence-corrected chi connectivity index (χ4v) is 5.26. The van der Waals surface area contributed by atoms with E-state index in [1.807, 2.05) is 46.5 Å². The van der Waals surface area contributed by atoms with Crippen LogP contribution in [0.3, 0.4) is 0 Å². The van der Waals surface area contributed by atoms with Crippen LogP contribution in [0.25, 0.3) is 10.4 Å². The zero-order valence-electron chi connectivity index (χ0n) is 14.5. The second kappa shape index (κ2) is 6.49. The van der Waals surface area contributed by atoms with Gasteiger partial charge in [0.05, 0.1) is 11.3 Å². The van der Waals surface area contributed by atoms with Gasteiger partial charge in [0.1, 0.15) is 0 Å². The van der Waals surface area contributed by atoms with Gasteiger partial charge in [0.25, 0.3) is 5.56 Å². The lowest BCUT2D eigenvalue weighted by atomic mass is 9.83. The minimum Gasteiger partial charge on any atom is -0.311 e. The minimum atomic E-state index is 0.179. The maximum Gasteiger partial charge on any atom is 0.259 e. The van der Waals surface area contributed by atoms with Crippen LogP contribution in [0, 0.1) is 5.92 Å². The quantitative estimate of drug-likeness (QED) is 0.714. The number of fused-ring (bicyclic) bond motifs is 4. The van der Waals surface area contributed by atoms with E-state index < -0.39 is 0 Å². The number of thiophene rings is 1. The number of rotatable bonds is 3. The van der Waals surface area contributed by atoms with Gasteiger partial charge in [-0.3, -0.25) is 14.7 Å². The highest BCUT2D eigenvalue weighted by molar-refractivity contribution is 7.13. The Kier molecular flexibility index (Phi) is 3.98. The lowest BCUT2D eigenvalue weighted by Gasteiger charge is -2.42. The summed E-state index contributed by atoms with van der Waals surface area (Å²) in [4.78, 5) is 21.1. The summed E-state index contributed by atoms with van der Waals surface area (Å²) < 4.78 is 2.05. The summed E-state index contributed by atoms with van der Waals surface area (Å²) in [6.45, 7) is 3.78. The van der Waals surface area contributed by atoms with Crippen molar-refractivity contribution in [2.75, 3.05) is 13.1 Å². The van der Waals surface area contributed by atoms with Crippen molar-refractivity contribution in [3.63, 3.8) is 0 Å². The molecule has 4 nitrogen and oxygen atoms in total. The Morgan fingerprint density at radius 1 is 1.08 bits per heavy atom. The number of piperidine rings is 1. The van der Waals surface area contributed by atoms with Crippen molar-refractivity contribution in [3.8, 4) is 10.4 Å². The molecule has 0 N–H and O–H groups in total. The van der Waals surface area contributed by atoms with Gasteiger partial charge < -0.3 is 4.57 Å². The fourth-order valence-electron chi connectivity index (χ4n) is 4.51. The van der Waals surface area contributed by atoms with Gasteiger partial charge in [-0.2, -0.15) is 0 Å². The van der Waals surface area contributed by atoms with E-state index in [1.165, 1.54) is 12.1 Å². The molecule has 3 aromatic rings. The van der Waals surface area contributed by atoms with Crippen LogP contribution in [-0.4, -0.2) is 27.5 Å². The highest BCUT2D eigenvalue weighted by Crippen LogP contribution is 2.36. The highest BCUT2D eigenvalue weighted by atomic mass is 32.1. The van der Waals surface area contributed by atoms with Crippen molar-refractivity contribution in [1.29, 1.82) is 0 Å². The molecular formula is C21H21N3OS. The molecule has 5 heterocycles. The van der Waals surface area contributed by atoms with Crippen molar-refractivity contribution in [2.24, 2.45) is 5.92 Å². The molecule has 0 unspecified atom stereocenters. The molecule has 5 rings (SSSR count). The Morgan fingerprint density at radius 3 is 2.85 bits per heavy atom. The van der Waals surface area contributed by atoms with Gasteiger partial charge in [0, 0.05) is 48.9 Å². The Balaban J connectivity index is 1.44. The van der Waals surface area contributed by atoms with Crippen LogP contribution >= 0.6 is 11.3 Å². The highest BCUT2D eigenvalue weighted by Gasteiger charge is 2.35. The number of nitrogens with zero attached hydrogens (tertiary/aromatic N) is 3. The maximum absolute atomic E-state index is 13.1. The summed E-state index contributed by atoms with van der Waals surface area (Å²) >= 11 is 1.64. The zero-order valence-corrected chi connectivity index (χ0v) is 15.4.